The van der Waals surface area contributed by atoms with Crippen LogP contribution in [0.2, 0.25) is 0 Å². The highest BCUT2D eigenvalue weighted by Gasteiger charge is 2.11. The summed E-state index contributed by atoms with van der Waals surface area (Å²) in [6, 6.07) is 8.01. The van der Waals surface area contributed by atoms with Gasteiger partial charge in [0.1, 0.15) is 0 Å². The molecule has 2 aromatic heterocycles. The van der Waals surface area contributed by atoms with Crippen LogP contribution >= 0.6 is 11.3 Å². The molecule has 4 nitrogen and oxygen atoms in total. The molecule has 5 heteroatoms. The van der Waals surface area contributed by atoms with E-state index in [0.717, 1.165) is 29.3 Å². The number of benzene rings is 1. The molecule has 0 unspecified atom stereocenters. The first-order valence-electron chi connectivity index (χ1n) is 7.00. The minimum Gasteiger partial charge on any atom is -0.392 e. The van der Waals surface area contributed by atoms with Crippen LogP contribution in [0.3, 0.4) is 0 Å². The average molecular weight is 301 g/mol. The van der Waals surface area contributed by atoms with Gasteiger partial charge in [0.05, 0.1) is 18.0 Å². The Bertz CT molecular complexity index is 760. The molecule has 0 fully saturated rings. The molecule has 0 bridgehead atoms. The lowest BCUT2D eigenvalue weighted by atomic mass is 10.1. The van der Waals surface area contributed by atoms with Gasteiger partial charge in [0, 0.05) is 24.2 Å². The molecule has 2 N–H and O–H groups in total. The summed E-state index contributed by atoms with van der Waals surface area (Å²) in [5.41, 5.74) is 5.67. The van der Waals surface area contributed by atoms with Gasteiger partial charge in [-0.05, 0) is 25.0 Å². The number of imidazole rings is 1. The second kappa shape index (κ2) is 5.97. The van der Waals surface area contributed by atoms with Gasteiger partial charge in [0.25, 0.3) is 0 Å². The fourth-order valence-electron chi connectivity index (χ4n) is 2.54. The Hall–Kier alpha value is -1.69. The maximum Gasteiger partial charge on any atom is 0.194 e. The maximum atomic E-state index is 9.17. The van der Waals surface area contributed by atoms with Gasteiger partial charge in [-0.15, -0.1) is 11.3 Å². The van der Waals surface area contributed by atoms with Gasteiger partial charge < -0.3 is 10.4 Å². The van der Waals surface area contributed by atoms with Crippen LogP contribution in [-0.4, -0.2) is 14.5 Å². The number of nitrogens with zero attached hydrogens (tertiary/aromatic N) is 2. The Labute approximate surface area is 128 Å². The average Bonchev–Trinajstić information content (AvgIpc) is 3.00. The maximum absolute atomic E-state index is 9.17. The topological polar surface area (TPSA) is 49.6 Å². The van der Waals surface area contributed by atoms with Crippen molar-refractivity contribution in [1.82, 2.24) is 14.7 Å². The van der Waals surface area contributed by atoms with Crippen LogP contribution in [0.4, 0.5) is 0 Å². The van der Waals surface area contributed by atoms with E-state index in [-0.39, 0.29) is 6.61 Å². The molecule has 0 saturated heterocycles. The number of nitrogens with one attached hydrogen (secondary N) is 1. The summed E-state index contributed by atoms with van der Waals surface area (Å²) in [6.07, 6.45) is 0. The van der Waals surface area contributed by atoms with E-state index in [1.54, 1.807) is 11.3 Å². The SMILES string of the molecule is Cc1nc2scc(C)n2c1CNCc1cccc(CO)c1. The van der Waals surface area contributed by atoms with E-state index in [4.69, 9.17) is 5.11 Å². The highest BCUT2D eigenvalue weighted by molar-refractivity contribution is 7.15. The van der Waals surface area contributed by atoms with Crippen LogP contribution in [0.1, 0.15) is 28.2 Å². The van der Waals surface area contributed by atoms with E-state index in [1.807, 2.05) is 18.2 Å². The molecular weight excluding hydrogens is 282 g/mol. The van der Waals surface area contributed by atoms with Crippen molar-refractivity contribution in [2.45, 2.75) is 33.5 Å². The van der Waals surface area contributed by atoms with Crippen LogP contribution in [0.15, 0.2) is 29.6 Å². The van der Waals surface area contributed by atoms with Gasteiger partial charge in [-0.3, -0.25) is 4.40 Å². The fourth-order valence-corrected chi connectivity index (χ4v) is 3.47. The standard InChI is InChI=1S/C16H19N3OS/c1-11-10-21-16-18-12(2)15(19(11)16)8-17-7-13-4-3-5-14(6-13)9-20/h3-6,10,17,20H,7-9H2,1-2H3. The lowest BCUT2D eigenvalue weighted by Crippen LogP contribution is -2.15. The summed E-state index contributed by atoms with van der Waals surface area (Å²) < 4.78 is 2.22. The lowest BCUT2D eigenvalue weighted by Gasteiger charge is -2.07. The molecule has 3 rings (SSSR count). The Morgan fingerprint density at radius 1 is 1.24 bits per heavy atom. The molecule has 3 aromatic rings. The molecule has 0 radical (unpaired) electrons. The molecule has 0 aliphatic carbocycles. The molecule has 0 saturated carbocycles. The molecule has 0 atom stereocenters. The van der Waals surface area contributed by atoms with Crippen molar-refractivity contribution in [1.29, 1.82) is 0 Å². The molecule has 0 spiro atoms. The fraction of sp³-hybridized carbons (Fsp3) is 0.312. The summed E-state index contributed by atoms with van der Waals surface area (Å²) in [5, 5.41) is 14.8. The smallest absolute Gasteiger partial charge is 0.194 e. The second-order valence-corrected chi connectivity index (χ2v) is 6.06. The van der Waals surface area contributed by atoms with E-state index in [9.17, 15) is 0 Å². The number of rotatable bonds is 5. The van der Waals surface area contributed by atoms with E-state index < -0.39 is 0 Å². The molecule has 1 aromatic carbocycles. The van der Waals surface area contributed by atoms with Crippen LogP contribution in [-0.2, 0) is 19.7 Å². The van der Waals surface area contributed by atoms with Crippen molar-refractivity contribution in [2.75, 3.05) is 0 Å². The first-order chi connectivity index (χ1) is 10.2. The number of aliphatic hydroxyl groups is 1. The van der Waals surface area contributed by atoms with Crippen molar-refractivity contribution in [3.8, 4) is 0 Å². The number of hydrogen-bond donors (Lipinski definition) is 2. The van der Waals surface area contributed by atoms with Gasteiger partial charge in [-0.1, -0.05) is 24.3 Å². The van der Waals surface area contributed by atoms with Crippen LogP contribution in [0, 0.1) is 13.8 Å². The lowest BCUT2D eigenvalue weighted by molar-refractivity contribution is 0.281. The minimum absolute atomic E-state index is 0.0876. The number of aromatic nitrogens is 2. The van der Waals surface area contributed by atoms with E-state index >= 15 is 0 Å². The summed E-state index contributed by atoms with van der Waals surface area (Å²) in [6.45, 7) is 5.82. The third-order valence-corrected chi connectivity index (χ3v) is 4.57. The second-order valence-electron chi connectivity index (χ2n) is 5.22. The summed E-state index contributed by atoms with van der Waals surface area (Å²) in [4.78, 5) is 5.65. The predicted octanol–water partition coefficient (Wildman–Crippen LogP) is 2.79. The van der Waals surface area contributed by atoms with E-state index in [2.05, 4.69) is 40.0 Å². The number of aryl methyl sites for hydroxylation is 2. The molecule has 0 aliphatic heterocycles. The molecule has 0 aliphatic rings. The molecule has 0 amide bonds. The largest absolute Gasteiger partial charge is 0.392 e. The highest BCUT2D eigenvalue weighted by atomic mass is 32.1. The number of thiazole rings is 1. The number of fused-ring (bicyclic) bond motifs is 1. The van der Waals surface area contributed by atoms with Crippen LogP contribution in [0.5, 0.6) is 0 Å². The van der Waals surface area contributed by atoms with Crippen molar-refractivity contribution < 1.29 is 5.11 Å². The zero-order chi connectivity index (χ0) is 14.8. The normalized spacial score (nSPS) is 11.4. The molecule has 2 heterocycles. The number of aliphatic hydroxyl groups excluding tert-OH is 1. The first kappa shape index (κ1) is 14.3. The quantitative estimate of drug-likeness (QED) is 0.762. The zero-order valence-corrected chi connectivity index (χ0v) is 13.1. The third-order valence-electron chi connectivity index (χ3n) is 3.63. The highest BCUT2D eigenvalue weighted by Crippen LogP contribution is 2.20. The molecule has 110 valence electrons. The summed E-state index contributed by atoms with van der Waals surface area (Å²) in [5.74, 6) is 0. The zero-order valence-electron chi connectivity index (χ0n) is 12.3. The minimum atomic E-state index is 0.0876. The molecule has 21 heavy (non-hydrogen) atoms. The van der Waals surface area contributed by atoms with Crippen LogP contribution in [0.25, 0.3) is 4.96 Å². The van der Waals surface area contributed by atoms with Crippen molar-refractivity contribution in [3.63, 3.8) is 0 Å². The first-order valence-corrected chi connectivity index (χ1v) is 7.88. The van der Waals surface area contributed by atoms with Gasteiger partial charge in [0.2, 0.25) is 0 Å². The van der Waals surface area contributed by atoms with Crippen molar-refractivity contribution >= 4 is 16.3 Å². The Morgan fingerprint density at radius 2 is 2.05 bits per heavy atom. The Morgan fingerprint density at radius 3 is 2.86 bits per heavy atom. The summed E-state index contributed by atoms with van der Waals surface area (Å²) in [7, 11) is 0. The van der Waals surface area contributed by atoms with E-state index in [0.29, 0.717) is 0 Å². The van der Waals surface area contributed by atoms with Crippen molar-refractivity contribution in [2.24, 2.45) is 0 Å². The predicted molar refractivity (Wildman–Crippen MR) is 85.5 cm³/mol. The third kappa shape index (κ3) is 2.85. The molecular formula is C16H19N3OS. The van der Waals surface area contributed by atoms with Gasteiger partial charge >= 0.3 is 0 Å². The van der Waals surface area contributed by atoms with Gasteiger partial charge in [-0.25, -0.2) is 4.98 Å². The Balaban J connectivity index is 1.71. The monoisotopic (exact) mass is 301 g/mol. The van der Waals surface area contributed by atoms with Gasteiger partial charge in [0.15, 0.2) is 4.96 Å². The summed E-state index contributed by atoms with van der Waals surface area (Å²) >= 11 is 1.68. The Kier molecular flexibility index (Phi) is 4.05. The van der Waals surface area contributed by atoms with E-state index in [1.165, 1.54) is 17.0 Å². The number of hydrogen-bond acceptors (Lipinski definition) is 4. The van der Waals surface area contributed by atoms with Gasteiger partial charge in [-0.2, -0.15) is 0 Å². The van der Waals surface area contributed by atoms with Crippen molar-refractivity contribution in [3.05, 3.63) is 57.9 Å². The van der Waals surface area contributed by atoms with Crippen LogP contribution < -0.4 is 5.32 Å².